The van der Waals surface area contributed by atoms with Crippen molar-refractivity contribution in [2.75, 3.05) is 12.0 Å². The number of hydrogen-bond acceptors (Lipinski definition) is 3. The van der Waals surface area contributed by atoms with E-state index >= 15 is 0 Å². The average Bonchev–Trinajstić information content (AvgIpc) is 2.30. The van der Waals surface area contributed by atoms with Crippen LogP contribution in [0.4, 0.5) is 0 Å². The van der Waals surface area contributed by atoms with Crippen LogP contribution in [-0.4, -0.2) is 26.5 Å². The van der Waals surface area contributed by atoms with Crippen LogP contribution in [0, 0.1) is 5.92 Å². The molecular weight excluding hydrogens is 210 g/mol. The molecule has 0 heterocycles. The van der Waals surface area contributed by atoms with E-state index in [9.17, 15) is 8.42 Å². The maximum atomic E-state index is 11.0. The summed E-state index contributed by atoms with van der Waals surface area (Å²) >= 11 is 0. The highest BCUT2D eigenvalue weighted by Crippen LogP contribution is 2.25. The van der Waals surface area contributed by atoms with Gasteiger partial charge in [0.05, 0.1) is 0 Å². The summed E-state index contributed by atoms with van der Waals surface area (Å²) in [4.78, 5) is 0. The third-order valence-corrected chi connectivity index (χ3v) is 4.34. The second-order valence-corrected chi connectivity index (χ2v) is 7.09. The van der Waals surface area contributed by atoms with Gasteiger partial charge in [0, 0.05) is 18.1 Å². The molecule has 1 aliphatic rings. The fourth-order valence-corrected chi connectivity index (χ4v) is 3.07. The van der Waals surface area contributed by atoms with E-state index in [2.05, 4.69) is 0 Å². The van der Waals surface area contributed by atoms with Crippen molar-refractivity contribution in [1.82, 2.24) is 0 Å². The number of rotatable bonds is 4. The maximum absolute atomic E-state index is 11.0. The van der Waals surface area contributed by atoms with E-state index in [1.807, 2.05) is 0 Å². The summed E-state index contributed by atoms with van der Waals surface area (Å²) < 4.78 is 22.0. The SMILES string of the molecule is CS(=O)(=O)CCCC1CCCCCC1N. The van der Waals surface area contributed by atoms with Gasteiger partial charge in [0.1, 0.15) is 9.84 Å². The van der Waals surface area contributed by atoms with E-state index in [0.29, 0.717) is 17.7 Å². The molecule has 0 bridgehead atoms. The fourth-order valence-electron chi connectivity index (χ4n) is 2.38. The Balaban J connectivity index is 2.29. The molecule has 0 radical (unpaired) electrons. The van der Waals surface area contributed by atoms with Crippen molar-refractivity contribution < 1.29 is 8.42 Å². The lowest BCUT2D eigenvalue weighted by molar-refractivity contribution is 0.369. The Bertz CT molecular complexity index is 274. The molecule has 0 aliphatic heterocycles. The molecule has 1 aliphatic carbocycles. The normalized spacial score (nSPS) is 28.7. The lowest BCUT2D eigenvalue weighted by Crippen LogP contribution is -2.29. The molecule has 0 aromatic carbocycles. The van der Waals surface area contributed by atoms with Crippen LogP contribution < -0.4 is 5.73 Å². The van der Waals surface area contributed by atoms with Gasteiger partial charge in [-0.25, -0.2) is 8.42 Å². The molecule has 1 fully saturated rings. The summed E-state index contributed by atoms with van der Waals surface area (Å²) in [5, 5.41) is 0. The molecule has 15 heavy (non-hydrogen) atoms. The van der Waals surface area contributed by atoms with Gasteiger partial charge in [-0.05, 0) is 31.6 Å². The molecule has 0 amide bonds. The summed E-state index contributed by atoms with van der Waals surface area (Å²) in [7, 11) is -2.79. The first-order chi connectivity index (χ1) is 6.99. The van der Waals surface area contributed by atoms with Gasteiger partial charge in [-0.3, -0.25) is 0 Å². The Kier molecular flexibility index (Phi) is 5.06. The third-order valence-electron chi connectivity index (χ3n) is 3.31. The summed E-state index contributed by atoms with van der Waals surface area (Å²) in [6, 6.07) is 0.298. The van der Waals surface area contributed by atoms with Crippen molar-refractivity contribution in [1.29, 1.82) is 0 Å². The molecule has 90 valence electrons. The zero-order chi connectivity index (χ0) is 11.3. The van der Waals surface area contributed by atoms with E-state index in [4.69, 9.17) is 5.73 Å². The minimum absolute atomic E-state index is 0.298. The smallest absolute Gasteiger partial charge is 0.147 e. The van der Waals surface area contributed by atoms with Crippen LogP contribution >= 0.6 is 0 Å². The monoisotopic (exact) mass is 233 g/mol. The molecule has 3 nitrogen and oxygen atoms in total. The Morgan fingerprint density at radius 1 is 1.20 bits per heavy atom. The second kappa shape index (κ2) is 5.85. The third kappa shape index (κ3) is 5.52. The second-order valence-electron chi connectivity index (χ2n) is 4.83. The average molecular weight is 233 g/mol. The Morgan fingerprint density at radius 3 is 2.53 bits per heavy atom. The van der Waals surface area contributed by atoms with Crippen LogP contribution in [0.25, 0.3) is 0 Å². The maximum Gasteiger partial charge on any atom is 0.147 e. The largest absolute Gasteiger partial charge is 0.327 e. The first-order valence-corrected chi connectivity index (χ1v) is 7.98. The van der Waals surface area contributed by atoms with Crippen molar-refractivity contribution in [2.24, 2.45) is 11.7 Å². The van der Waals surface area contributed by atoms with E-state index < -0.39 is 9.84 Å². The molecule has 1 rings (SSSR count). The van der Waals surface area contributed by atoms with Gasteiger partial charge in [0.15, 0.2) is 0 Å². The molecule has 2 atom stereocenters. The number of sulfone groups is 1. The molecule has 1 saturated carbocycles. The van der Waals surface area contributed by atoms with E-state index in [1.54, 1.807) is 0 Å². The first kappa shape index (κ1) is 13.0. The number of hydrogen-bond donors (Lipinski definition) is 1. The molecule has 2 unspecified atom stereocenters. The van der Waals surface area contributed by atoms with Gasteiger partial charge in [-0.15, -0.1) is 0 Å². The van der Waals surface area contributed by atoms with Crippen molar-refractivity contribution in [3.05, 3.63) is 0 Å². The Hall–Kier alpha value is -0.0900. The van der Waals surface area contributed by atoms with Crippen molar-refractivity contribution in [2.45, 2.75) is 51.0 Å². The molecule has 4 heteroatoms. The molecule has 0 saturated heterocycles. The lowest BCUT2D eigenvalue weighted by atomic mass is 9.91. The Labute approximate surface area is 93.3 Å². The van der Waals surface area contributed by atoms with Gasteiger partial charge < -0.3 is 5.73 Å². The quantitative estimate of drug-likeness (QED) is 0.752. The summed E-state index contributed by atoms with van der Waals surface area (Å²) in [5.74, 6) is 0.866. The summed E-state index contributed by atoms with van der Waals surface area (Å²) in [6.07, 6.45) is 9.15. The zero-order valence-electron chi connectivity index (χ0n) is 9.61. The molecule has 0 spiro atoms. The standard InChI is InChI=1S/C11H23NO2S/c1-15(13,14)9-5-7-10-6-3-2-4-8-11(10)12/h10-11H,2-9,12H2,1H3. The van der Waals surface area contributed by atoms with E-state index in [1.165, 1.54) is 31.9 Å². The lowest BCUT2D eigenvalue weighted by Gasteiger charge is -2.20. The van der Waals surface area contributed by atoms with E-state index in [-0.39, 0.29) is 0 Å². The first-order valence-electron chi connectivity index (χ1n) is 5.92. The van der Waals surface area contributed by atoms with Crippen LogP contribution in [0.3, 0.4) is 0 Å². The summed E-state index contributed by atoms with van der Waals surface area (Å²) in [5.41, 5.74) is 6.08. The highest BCUT2D eigenvalue weighted by Gasteiger charge is 2.20. The molecule has 0 aromatic heterocycles. The fraction of sp³-hybridized carbons (Fsp3) is 1.00. The van der Waals surface area contributed by atoms with Gasteiger partial charge in [0.2, 0.25) is 0 Å². The number of nitrogens with two attached hydrogens (primary N) is 1. The molecule has 0 aromatic rings. The van der Waals surface area contributed by atoms with Crippen molar-refractivity contribution in [3.8, 4) is 0 Å². The van der Waals surface area contributed by atoms with Crippen LogP contribution in [0.2, 0.25) is 0 Å². The van der Waals surface area contributed by atoms with Gasteiger partial charge >= 0.3 is 0 Å². The van der Waals surface area contributed by atoms with Gasteiger partial charge in [0.25, 0.3) is 0 Å². The van der Waals surface area contributed by atoms with Crippen molar-refractivity contribution >= 4 is 9.84 Å². The highest BCUT2D eigenvalue weighted by molar-refractivity contribution is 7.90. The Morgan fingerprint density at radius 2 is 1.87 bits per heavy atom. The minimum Gasteiger partial charge on any atom is -0.327 e. The highest BCUT2D eigenvalue weighted by atomic mass is 32.2. The van der Waals surface area contributed by atoms with Crippen LogP contribution in [0.1, 0.15) is 44.9 Å². The summed E-state index contributed by atoms with van der Waals surface area (Å²) in [6.45, 7) is 0. The van der Waals surface area contributed by atoms with Gasteiger partial charge in [-0.2, -0.15) is 0 Å². The van der Waals surface area contributed by atoms with Crippen LogP contribution in [0.5, 0.6) is 0 Å². The topological polar surface area (TPSA) is 60.2 Å². The predicted octanol–water partition coefficient (Wildman–Crippen LogP) is 1.72. The zero-order valence-corrected chi connectivity index (χ0v) is 10.4. The molecular formula is C11H23NO2S. The predicted molar refractivity (Wildman–Crippen MR) is 63.5 cm³/mol. The molecule has 2 N–H and O–H groups in total. The van der Waals surface area contributed by atoms with E-state index in [0.717, 1.165) is 19.3 Å². The van der Waals surface area contributed by atoms with Crippen LogP contribution in [-0.2, 0) is 9.84 Å². The minimum atomic E-state index is -2.79. The van der Waals surface area contributed by atoms with Crippen molar-refractivity contribution in [3.63, 3.8) is 0 Å². The van der Waals surface area contributed by atoms with Gasteiger partial charge in [-0.1, -0.05) is 19.3 Å². The van der Waals surface area contributed by atoms with Crippen LogP contribution in [0.15, 0.2) is 0 Å².